The molecule has 0 amide bonds. The zero-order chi connectivity index (χ0) is 25.1. The Labute approximate surface area is 206 Å². The van der Waals surface area contributed by atoms with Crippen LogP contribution in [-0.4, -0.2) is 22.5 Å². The number of rotatable bonds is 8. The van der Waals surface area contributed by atoms with Gasteiger partial charge in [-0.05, 0) is 54.3 Å². The van der Waals surface area contributed by atoms with Crippen LogP contribution in [0.4, 0.5) is 17.6 Å². The molecule has 1 aromatic heterocycles. The zero-order valence-corrected chi connectivity index (χ0v) is 19.6. The van der Waals surface area contributed by atoms with E-state index in [1.165, 1.54) is 6.20 Å². The number of benzene rings is 2. The highest BCUT2D eigenvalue weighted by molar-refractivity contribution is 6.30. The molecule has 1 heterocycles. The van der Waals surface area contributed by atoms with Crippen molar-refractivity contribution in [1.82, 2.24) is 15.6 Å². The molecule has 0 aliphatic heterocycles. The largest absolute Gasteiger partial charge is 0.416 e. The Morgan fingerprint density at radius 1 is 1.00 bits per heavy atom. The normalized spacial score (nSPS) is 17.3. The number of nitrogens with zero attached hydrogens (tertiary/aromatic N) is 1. The molecule has 1 aliphatic rings. The fourth-order valence-electron chi connectivity index (χ4n) is 4.67. The van der Waals surface area contributed by atoms with E-state index in [9.17, 15) is 22.7 Å². The molecule has 3 aromatic rings. The van der Waals surface area contributed by atoms with Gasteiger partial charge in [0.1, 0.15) is 5.82 Å². The van der Waals surface area contributed by atoms with Crippen LogP contribution in [0.5, 0.6) is 0 Å². The number of hydrogen-bond donors (Lipinski definition) is 3. The fraction of sp³-hybridized carbons (Fsp3) is 0.346. The van der Waals surface area contributed by atoms with E-state index < -0.39 is 29.4 Å². The molecule has 35 heavy (non-hydrogen) atoms. The second-order valence-electron chi connectivity index (χ2n) is 8.85. The highest BCUT2D eigenvalue weighted by Gasteiger charge is 2.41. The molecular formula is C26H26ClF4N3O. The maximum atomic E-state index is 14.6. The van der Waals surface area contributed by atoms with E-state index in [1.54, 1.807) is 24.3 Å². The van der Waals surface area contributed by atoms with E-state index in [-0.39, 0.29) is 23.7 Å². The minimum Gasteiger partial charge on any atom is -0.365 e. The highest BCUT2D eigenvalue weighted by Crippen LogP contribution is 2.38. The van der Waals surface area contributed by atoms with Gasteiger partial charge in [0.25, 0.3) is 0 Å². The SMILES string of the molecule is O[C@@H](NC1CCCC1)NC(Cc1ccccc1)(c1cc(F)cc(C(F)(F)F)c1)c1ccc(Cl)cn1. The molecular weight excluding hydrogens is 482 g/mol. The topological polar surface area (TPSA) is 57.2 Å². The number of hydrogen-bond acceptors (Lipinski definition) is 4. The van der Waals surface area contributed by atoms with Gasteiger partial charge < -0.3 is 5.11 Å². The standard InChI is InChI=1S/C26H26ClF4N3O/c27-20-10-11-23(32-16-20)25(15-17-6-2-1-3-7-17,34-24(35)33-22-8-4-5-9-22)18-12-19(26(29,30)31)14-21(28)13-18/h1-3,6-7,10-14,16,22,24,33-35H,4-5,8-9,15H2/t24-,25?/m0/s1. The molecule has 0 saturated heterocycles. The average Bonchev–Trinajstić information content (AvgIpc) is 3.31. The number of halogens is 5. The Kier molecular flexibility index (Phi) is 7.76. The van der Waals surface area contributed by atoms with Crippen molar-refractivity contribution >= 4 is 11.6 Å². The van der Waals surface area contributed by atoms with E-state index in [2.05, 4.69) is 15.6 Å². The van der Waals surface area contributed by atoms with Gasteiger partial charge >= 0.3 is 6.18 Å². The molecule has 186 valence electrons. The van der Waals surface area contributed by atoms with Crippen molar-refractivity contribution in [2.24, 2.45) is 0 Å². The van der Waals surface area contributed by atoms with E-state index >= 15 is 0 Å². The van der Waals surface area contributed by atoms with Crippen LogP contribution in [0.3, 0.4) is 0 Å². The van der Waals surface area contributed by atoms with Gasteiger partial charge in [0.05, 0.1) is 21.8 Å². The first-order valence-electron chi connectivity index (χ1n) is 11.4. The third-order valence-electron chi connectivity index (χ3n) is 6.33. The van der Waals surface area contributed by atoms with E-state index in [4.69, 9.17) is 11.6 Å². The first kappa shape index (κ1) is 25.6. The molecule has 0 spiro atoms. The highest BCUT2D eigenvalue weighted by atomic mass is 35.5. The number of aliphatic hydroxyl groups excluding tert-OH is 1. The lowest BCUT2D eigenvalue weighted by molar-refractivity contribution is -0.137. The zero-order valence-electron chi connectivity index (χ0n) is 18.8. The second-order valence-corrected chi connectivity index (χ2v) is 9.29. The minimum absolute atomic E-state index is 0.0178. The predicted molar refractivity (Wildman–Crippen MR) is 126 cm³/mol. The third-order valence-corrected chi connectivity index (χ3v) is 6.55. The molecule has 0 radical (unpaired) electrons. The predicted octanol–water partition coefficient (Wildman–Crippen LogP) is 5.78. The Bertz CT molecular complexity index is 1120. The van der Waals surface area contributed by atoms with Crippen LogP contribution in [0.25, 0.3) is 0 Å². The van der Waals surface area contributed by atoms with E-state index in [1.807, 2.05) is 18.2 Å². The van der Waals surface area contributed by atoms with Gasteiger partial charge in [-0.2, -0.15) is 13.2 Å². The van der Waals surface area contributed by atoms with Gasteiger partial charge in [0.2, 0.25) is 0 Å². The Balaban J connectivity index is 1.88. The molecule has 2 atom stereocenters. The first-order chi connectivity index (χ1) is 16.7. The second kappa shape index (κ2) is 10.6. The smallest absolute Gasteiger partial charge is 0.365 e. The van der Waals surface area contributed by atoms with Crippen LogP contribution in [0, 0.1) is 5.82 Å². The van der Waals surface area contributed by atoms with Gasteiger partial charge in [0.15, 0.2) is 6.35 Å². The van der Waals surface area contributed by atoms with Gasteiger partial charge in [0, 0.05) is 18.7 Å². The fourth-order valence-corrected chi connectivity index (χ4v) is 4.78. The van der Waals surface area contributed by atoms with Gasteiger partial charge in [-0.15, -0.1) is 0 Å². The van der Waals surface area contributed by atoms with Crippen molar-refractivity contribution in [2.75, 3.05) is 0 Å². The van der Waals surface area contributed by atoms with Crippen molar-refractivity contribution in [3.63, 3.8) is 0 Å². The summed E-state index contributed by atoms with van der Waals surface area (Å²) in [5.74, 6) is -1.04. The maximum Gasteiger partial charge on any atom is 0.416 e. The van der Waals surface area contributed by atoms with Gasteiger partial charge in [-0.25, -0.2) is 4.39 Å². The van der Waals surface area contributed by atoms with Gasteiger partial charge in [-0.3, -0.25) is 15.6 Å². The van der Waals surface area contributed by atoms with Crippen molar-refractivity contribution < 1.29 is 22.7 Å². The number of alkyl halides is 3. The molecule has 9 heteroatoms. The molecule has 0 bridgehead atoms. The maximum absolute atomic E-state index is 14.6. The summed E-state index contributed by atoms with van der Waals surface area (Å²) in [6.07, 6.45) is -0.788. The Morgan fingerprint density at radius 3 is 2.31 bits per heavy atom. The van der Waals surface area contributed by atoms with Gasteiger partial charge in [-0.1, -0.05) is 54.8 Å². The van der Waals surface area contributed by atoms with Crippen molar-refractivity contribution in [1.29, 1.82) is 0 Å². The third kappa shape index (κ3) is 6.19. The molecule has 3 N–H and O–H groups in total. The number of aliphatic hydroxyl groups is 1. The molecule has 1 saturated carbocycles. The molecule has 2 aromatic carbocycles. The monoisotopic (exact) mass is 507 g/mol. The van der Waals surface area contributed by atoms with E-state index in [0.29, 0.717) is 11.1 Å². The summed E-state index contributed by atoms with van der Waals surface area (Å²) in [6, 6.07) is 14.6. The van der Waals surface area contributed by atoms with Crippen LogP contribution in [-0.2, 0) is 18.1 Å². The quantitative estimate of drug-likeness (QED) is 0.267. The lowest BCUT2D eigenvalue weighted by Gasteiger charge is -2.38. The summed E-state index contributed by atoms with van der Waals surface area (Å²) in [4.78, 5) is 4.39. The Hall–Kier alpha value is -2.52. The van der Waals surface area contributed by atoms with Crippen LogP contribution < -0.4 is 10.6 Å². The summed E-state index contributed by atoms with van der Waals surface area (Å²) in [7, 11) is 0. The summed E-state index contributed by atoms with van der Waals surface area (Å²) < 4.78 is 55.6. The molecule has 1 fully saturated rings. The number of nitrogens with one attached hydrogen (secondary N) is 2. The van der Waals surface area contributed by atoms with Crippen LogP contribution >= 0.6 is 11.6 Å². The molecule has 1 unspecified atom stereocenters. The summed E-state index contributed by atoms with van der Waals surface area (Å²) in [5, 5.41) is 17.5. The van der Waals surface area contributed by atoms with Crippen LogP contribution in [0.2, 0.25) is 5.02 Å². The van der Waals surface area contributed by atoms with Crippen molar-refractivity contribution in [2.45, 2.75) is 56.2 Å². The average molecular weight is 508 g/mol. The summed E-state index contributed by atoms with van der Waals surface area (Å²) in [6.45, 7) is 0. The summed E-state index contributed by atoms with van der Waals surface area (Å²) in [5.41, 5.74) is -1.62. The molecule has 4 nitrogen and oxygen atoms in total. The number of pyridine rings is 1. The van der Waals surface area contributed by atoms with E-state index in [0.717, 1.165) is 43.4 Å². The van der Waals surface area contributed by atoms with Crippen LogP contribution in [0.15, 0.2) is 66.9 Å². The Morgan fingerprint density at radius 2 is 1.69 bits per heavy atom. The lowest BCUT2D eigenvalue weighted by atomic mass is 9.79. The van der Waals surface area contributed by atoms with Crippen LogP contribution in [0.1, 0.15) is 48.1 Å². The first-order valence-corrected chi connectivity index (χ1v) is 11.8. The number of aromatic nitrogens is 1. The van der Waals surface area contributed by atoms with Crippen molar-refractivity contribution in [3.8, 4) is 0 Å². The summed E-state index contributed by atoms with van der Waals surface area (Å²) >= 11 is 6.04. The minimum atomic E-state index is -4.76. The molecule has 1 aliphatic carbocycles. The lowest BCUT2D eigenvalue weighted by Crippen LogP contribution is -2.57. The molecule has 4 rings (SSSR count). The van der Waals surface area contributed by atoms with Crippen molar-refractivity contribution in [3.05, 3.63) is 100 Å².